The van der Waals surface area contributed by atoms with Crippen LogP contribution < -0.4 is 10.2 Å². The molecule has 8 heteroatoms. The highest BCUT2D eigenvalue weighted by molar-refractivity contribution is 6.02. The van der Waals surface area contributed by atoms with Gasteiger partial charge in [0.1, 0.15) is 17.7 Å². The molecule has 0 atom stereocenters. The van der Waals surface area contributed by atoms with E-state index in [1.54, 1.807) is 24.2 Å². The van der Waals surface area contributed by atoms with E-state index in [1.165, 1.54) is 19.6 Å². The van der Waals surface area contributed by atoms with Crippen LogP contribution in [0, 0.1) is 0 Å². The molecule has 3 heterocycles. The summed E-state index contributed by atoms with van der Waals surface area (Å²) in [5.41, 5.74) is 2.25. The Bertz CT molecular complexity index is 762. The molecule has 1 amide bonds. The van der Waals surface area contributed by atoms with Crippen molar-refractivity contribution in [3.8, 4) is 11.3 Å². The second-order valence-electron chi connectivity index (χ2n) is 4.78. The summed E-state index contributed by atoms with van der Waals surface area (Å²) in [6, 6.07) is 1.64. The van der Waals surface area contributed by atoms with Gasteiger partial charge in [-0.15, -0.1) is 0 Å². The van der Waals surface area contributed by atoms with Gasteiger partial charge in [-0.25, -0.2) is 14.8 Å². The first-order valence-corrected chi connectivity index (χ1v) is 6.50. The molecule has 0 radical (unpaired) electrons. The Morgan fingerprint density at radius 2 is 2.18 bits per heavy atom. The van der Waals surface area contributed by atoms with Crippen LogP contribution in [-0.4, -0.2) is 47.5 Å². The van der Waals surface area contributed by atoms with Gasteiger partial charge < -0.3 is 15.0 Å². The molecule has 8 nitrogen and oxygen atoms in total. The number of pyridine rings is 1. The Balaban J connectivity index is 2.12. The van der Waals surface area contributed by atoms with E-state index in [0.717, 1.165) is 0 Å². The Kier molecular flexibility index (Phi) is 3.42. The summed E-state index contributed by atoms with van der Waals surface area (Å²) < 4.78 is 4.70. The SMILES string of the molecule is COC(=O)c1cncc(-c2ncnc3c2N(C)CC(=O)N3)c1. The van der Waals surface area contributed by atoms with Crippen LogP contribution in [0.4, 0.5) is 11.5 Å². The summed E-state index contributed by atoms with van der Waals surface area (Å²) in [7, 11) is 3.09. The van der Waals surface area contributed by atoms with Crippen LogP contribution in [0.3, 0.4) is 0 Å². The van der Waals surface area contributed by atoms with Gasteiger partial charge in [0.15, 0.2) is 5.82 Å². The standard InChI is InChI=1S/C14H13N5O3/c1-19-6-10(20)18-13-12(19)11(16-7-17-13)8-3-9(5-15-4-8)14(21)22-2/h3-5,7H,6H2,1-2H3,(H,16,17,18,20). The molecule has 0 spiro atoms. The second-order valence-corrected chi connectivity index (χ2v) is 4.78. The summed E-state index contributed by atoms with van der Waals surface area (Å²) in [4.78, 5) is 37.4. The lowest BCUT2D eigenvalue weighted by Crippen LogP contribution is -2.36. The van der Waals surface area contributed by atoms with E-state index in [-0.39, 0.29) is 12.5 Å². The fourth-order valence-electron chi connectivity index (χ4n) is 2.31. The Hall–Kier alpha value is -3.03. The molecule has 0 fully saturated rings. The van der Waals surface area contributed by atoms with Crippen molar-refractivity contribution < 1.29 is 14.3 Å². The zero-order valence-corrected chi connectivity index (χ0v) is 12.0. The average Bonchev–Trinajstić information content (AvgIpc) is 2.53. The van der Waals surface area contributed by atoms with E-state index in [9.17, 15) is 9.59 Å². The van der Waals surface area contributed by atoms with Gasteiger partial charge in [-0.1, -0.05) is 0 Å². The molecule has 0 aliphatic carbocycles. The number of amides is 1. The summed E-state index contributed by atoms with van der Waals surface area (Å²) in [6.07, 6.45) is 4.38. The number of aromatic nitrogens is 3. The predicted octanol–water partition coefficient (Wildman–Crippen LogP) is 0.713. The second kappa shape index (κ2) is 5.40. The molecule has 3 rings (SSSR count). The normalized spacial score (nSPS) is 13.4. The molecular formula is C14H13N5O3. The number of likely N-dealkylation sites (N-methyl/N-ethyl adjacent to an activating group) is 1. The van der Waals surface area contributed by atoms with Crippen LogP contribution in [0.15, 0.2) is 24.8 Å². The first-order chi connectivity index (χ1) is 10.6. The Labute approximate surface area is 126 Å². The van der Waals surface area contributed by atoms with Crippen molar-refractivity contribution in [2.75, 3.05) is 30.9 Å². The minimum absolute atomic E-state index is 0.138. The molecule has 0 saturated heterocycles. The maximum absolute atomic E-state index is 11.6. The molecule has 1 aliphatic heterocycles. The number of rotatable bonds is 2. The molecule has 1 aliphatic rings. The molecule has 22 heavy (non-hydrogen) atoms. The molecule has 2 aromatic rings. The molecule has 2 aromatic heterocycles. The lowest BCUT2D eigenvalue weighted by molar-refractivity contribution is -0.115. The average molecular weight is 299 g/mol. The quantitative estimate of drug-likeness (QED) is 0.816. The van der Waals surface area contributed by atoms with Gasteiger partial charge in [-0.3, -0.25) is 9.78 Å². The zero-order valence-electron chi connectivity index (χ0n) is 12.0. The number of carbonyl (C=O) groups excluding carboxylic acids is 2. The van der Waals surface area contributed by atoms with Crippen molar-refractivity contribution in [2.24, 2.45) is 0 Å². The van der Waals surface area contributed by atoms with Gasteiger partial charge >= 0.3 is 5.97 Å². The fourth-order valence-corrected chi connectivity index (χ4v) is 2.31. The highest BCUT2D eigenvalue weighted by Crippen LogP contribution is 2.35. The molecule has 0 aromatic carbocycles. The van der Waals surface area contributed by atoms with Gasteiger partial charge in [-0.05, 0) is 6.07 Å². The number of carbonyl (C=O) groups is 2. The number of nitrogens with zero attached hydrogens (tertiary/aromatic N) is 4. The Morgan fingerprint density at radius 3 is 2.95 bits per heavy atom. The maximum Gasteiger partial charge on any atom is 0.339 e. The van der Waals surface area contributed by atoms with Gasteiger partial charge in [0, 0.05) is 25.0 Å². The minimum atomic E-state index is -0.473. The molecule has 1 N–H and O–H groups in total. The van der Waals surface area contributed by atoms with E-state index in [4.69, 9.17) is 4.74 Å². The molecule has 0 bridgehead atoms. The maximum atomic E-state index is 11.6. The highest BCUT2D eigenvalue weighted by Gasteiger charge is 2.25. The zero-order chi connectivity index (χ0) is 15.7. The summed E-state index contributed by atoms with van der Waals surface area (Å²) >= 11 is 0. The van der Waals surface area contributed by atoms with E-state index in [0.29, 0.717) is 28.3 Å². The third kappa shape index (κ3) is 2.34. The van der Waals surface area contributed by atoms with E-state index < -0.39 is 5.97 Å². The molecule has 0 saturated carbocycles. The van der Waals surface area contributed by atoms with Crippen LogP contribution in [0.1, 0.15) is 10.4 Å². The molecule has 0 unspecified atom stereocenters. The Morgan fingerprint density at radius 1 is 1.36 bits per heavy atom. The van der Waals surface area contributed by atoms with Crippen LogP contribution in [0.2, 0.25) is 0 Å². The number of methoxy groups -OCH3 is 1. The third-order valence-corrected chi connectivity index (χ3v) is 3.28. The van der Waals surface area contributed by atoms with E-state index >= 15 is 0 Å². The molecule has 112 valence electrons. The van der Waals surface area contributed by atoms with Crippen molar-refractivity contribution in [2.45, 2.75) is 0 Å². The molecular weight excluding hydrogens is 286 g/mol. The van der Waals surface area contributed by atoms with Crippen LogP contribution >= 0.6 is 0 Å². The fraction of sp³-hybridized carbons (Fsp3) is 0.214. The van der Waals surface area contributed by atoms with Crippen molar-refractivity contribution >= 4 is 23.4 Å². The van der Waals surface area contributed by atoms with Gasteiger partial charge in [0.05, 0.1) is 19.2 Å². The van der Waals surface area contributed by atoms with Crippen molar-refractivity contribution in [1.29, 1.82) is 0 Å². The van der Waals surface area contributed by atoms with Crippen molar-refractivity contribution in [1.82, 2.24) is 15.0 Å². The predicted molar refractivity (Wildman–Crippen MR) is 78.5 cm³/mol. The topological polar surface area (TPSA) is 97.3 Å². The number of hydrogen-bond donors (Lipinski definition) is 1. The lowest BCUT2D eigenvalue weighted by atomic mass is 10.1. The largest absolute Gasteiger partial charge is 0.465 e. The van der Waals surface area contributed by atoms with Gasteiger partial charge in [0.2, 0.25) is 5.91 Å². The van der Waals surface area contributed by atoms with Gasteiger partial charge in [0.25, 0.3) is 0 Å². The van der Waals surface area contributed by atoms with Crippen LogP contribution in [0.5, 0.6) is 0 Å². The first kappa shape index (κ1) is 13.9. The van der Waals surface area contributed by atoms with E-state index in [2.05, 4.69) is 20.3 Å². The van der Waals surface area contributed by atoms with E-state index in [1.807, 2.05) is 0 Å². The number of ether oxygens (including phenoxy) is 1. The highest BCUT2D eigenvalue weighted by atomic mass is 16.5. The van der Waals surface area contributed by atoms with Crippen LogP contribution in [0.25, 0.3) is 11.3 Å². The number of esters is 1. The number of nitrogens with one attached hydrogen (secondary N) is 1. The van der Waals surface area contributed by atoms with Gasteiger partial charge in [-0.2, -0.15) is 0 Å². The van der Waals surface area contributed by atoms with Crippen LogP contribution in [-0.2, 0) is 9.53 Å². The first-order valence-electron chi connectivity index (χ1n) is 6.50. The number of hydrogen-bond acceptors (Lipinski definition) is 7. The smallest absolute Gasteiger partial charge is 0.339 e. The third-order valence-electron chi connectivity index (χ3n) is 3.28. The lowest BCUT2D eigenvalue weighted by Gasteiger charge is -2.27. The summed E-state index contributed by atoms with van der Waals surface area (Å²) in [5, 5.41) is 2.71. The van der Waals surface area contributed by atoms with Crippen molar-refractivity contribution in [3.05, 3.63) is 30.4 Å². The minimum Gasteiger partial charge on any atom is -0.465 e. The van der Waals surface area contributed by atoms with Crippen molar-refractivity contribution in [3.63, 3.8) is 0 Å². The summed E-state index contributed by atoms with van der Waals surface area (Å²) in [6.45, 7) is 0.206. The number of fused-ring (bicyclic) bond motifs is 1. The number of anilines is 2. The monoisotopic (exact) mass is 299 g/mol. The summed E-state index contributed by atoms with van der Waals surface area (Å²) in [5.74, 6) is -0.174.